The van der Waals surface area contributed by atoms with Crippen LogP contribution in [0.25, 0.3) is 0 Å². The van der Waals surface area contributed by atoms with Crippen LogP contribution in [0.1, 0.15) is 0 Å². The van der Waals surface area contributed by atoms with Crippen LogP contribution < -0.4 is 5.32 Å². The first-order valence-electron chi connectivity index (χ1n) is 7.00. The minimum absolute atomic E-state index is 0.137. The number of rotatable bonds is 6. The Labute approximate surface area is 144 Å². The minimum Gasteiger partial charge on any atom is -0.477 e. The third-order valence-corrected chi connectivity index (χ3v) is 4.83. The molecule has 2 aliphatic rings. The zero-order valence-corrected chi connectivity index (χ0v) is 13.7. The van der Waals surface area contributed by atoms with Gasteiger partial charge in [-0.2, -0.15) is 0 Å². The maximum atomic E-state index is 12.3. The molecular weight excluding hydrogens is 354 g/mol. The minimum atomic E-state index is -1.24. The van der Waals surface area contributed by atoms with Gasteiger partial charge < -0.3 is 15.3 Å². The Kier molecular flexibility index (Phi) is 4.65. The summed E-state index contributed by atoms with van der Waals surface area (Å²) < 4.78 is 1.21. The lowest BCUT2D eigenvalue weighted by atomic mass is 10.0. The van der Waals surface area contributed by atoms with Crippen molar-refractivity contribution >= 4 is 35.8 Å². The number of carboxylic acids is 1. The molecule has 25 heavy (non-hydrogen) atoms. The van der Waals surface area contributed by atoms with Gasteiger partial charge in [-0.3, -0.25) is 14.5 Å². The molecule has 3 rings (SSSR count). The number of carboxylic acid groups (broad SMARTS) is 1. The first kappa shape index (κ1) is 16.9. The van der Waals surface area contributed by atoms with Crippen LogP contribution in [0.2, 0.25) is 0 Å². The average molecular weight is 367 g/mol. The Hall–Kier alpha value is -2.96. The number of amides is 2. The highest BCUT2D eigenvalue weighted by Crippen LogP contribution is 2.39. The maximum Gasteiger partial charge on any atom is 0.353 e. The highest BCUT2D eigenvalue weighted by atomic mass is 32.2. The van der Waals surface area contributed by atoms with Crippen LogP contribution in [0.4, 0.5) is 0 Å². The van der Waals surface area contributed by atoms with E-state index in [1.54, 1.807) is 0 Å². The number of aliphatic carboxylic acids is 1. The summed E-state index contributed by atoms with van der Waals surface area (Å²) >= 11 is 1.33. The molecule has 2 amide bonds. The van der Waals surface area contributed by atoms with Crippen LogP contribution in [0.15, 0.2) is 22.8 Å². The highest BCUT2D eigenvalue weighted by molar-refractivity contribution is 8.00. The Morgan fingerprint density at radius 2 is 2.40 bits per heavy atom. The largest absolute Gasteiger partial charge is 0.477 e. The molecular formula is C12H13N7O5S. The lowest BCUT2D eigenvalue weighted by Crippen LogP contribution is -2.70. The number of nitrogens with one attached hydrogen (secondary N) is 1. The molecule has 1 aromatic rings. The lowest BCUT2D eigenvalue weighted by molar-refractivity contribution is -0.150. The number of β-lactam (4-membered cyclic amide) rings is 1. The van der Waals surface area contributed by atoms with Gasteiger partial charge in [0.25, 0.3) is 5.91 Å². The predicted molar refractivity (Wildman–Crippen MR) is 83.0 cm³/mol. The van der Waals surface area contributed by atoms with Crippen LogP contribution in [0.5, 0.6) is 0 Å². The van der Waals surface area contributed by atoms with Crippen molar-refractivity contribution in [3.8, 4) is 0 Å². The van der Waals surface area contributed by atoms with E-state index in [9.17, 15) is 19.5 Å². The fourth-order valence-corrected chi connectivity index (χ4v) is 3.77. The topological polar surface area (TPSA) is 152 Å². The zero-order chi connectivity index (χ0) is 18.0. The number of hydrogen-bond acceptors (Lipinski definition) is 9. The molecule has 0 aliphatic carbocycles. The number of oxime groups is 1. The van der Waals surface area contributed by atoms with Crippen molar-refractivity contribution in [1.82, 2.24) is 30.4 Å². The van der Waals surface area contributed by atoms with E-state index in [0.29, 0.717) is 11.3 Å². The first-order valence-corrected chi connectivity index (χ1v) is 8.05. The van der Waals surface area contributed by atoms with Gasteiger partial charge in [-0.05, 0) is 10.4 Å². The van der Waals surface area contributed by atoms with E-state index in [1.807, 2.05) is 0 Å². The van der Waals surface area contributed by atoms with E-state index in [-0.39, 0.29) is 12.2 Å². The number of thioether (sulfide) groups is 1. The van der Waals surface area contributed by atoms with E-state index in [2.05, 4.69) is 30.8 Å². The smallest absolute Gasteiger partial charge is 0.353 e. The number of hydrogen-bond donors (Lipinski definition) is 2. The molecule has 0 spiro atoms. The van der Waals surface area contributed by atoms with Crippen molar-refractivity contribution in [2.75, 3.05) is 12.9 Å². The van der Waals surface area contributed by atoms with Gasteiger partial charge in [0.2, 0.25) is 5.91 Å². The molecule has 3 heterocycles. The van der Waals surface area contributed by atoms with Crippen LogP contribution >= 0.6 is 11.8 Å². The molecule has 0 radical (unpaired) electrons. The molecule has 0 aromatic carbocycles. The molecule has 12 nitrogen and oxygen atoms in total. The van der Waals surface area contributed by atoms with Gasteiger partial charge in [0.15, 0.2) is 0 Å². The quantitative estimate of drug-likeness (QED) is 0.332. The van der Waals surface area contributed by atoms with E-state index in [0.717, 1.165) is 4.90 Å². The van der Waals surface area contributed by atoms with Gasteiger partial charge in [0.1, 0.15) is 37.1 Å². The molecule has 1 saturated heterocycles. The molecule has 0 unspecified atom stereocenters. The third-order valence-electron chi connectivity index (χ3n) is 3.53. The highest BCUT2D eigenvalue weighted by Gasteiger charge is 2.54. The summed E-state index contributed by atoms with van der Waals surface area (Å²) in [5.41, 5.74) is 0.211. The Morgan fingerprint density at radius 1 is 1.60 bits per heavy atom. The van der Waals surface area contributed by atoms with Gasteiger partial charge in [-0.1, -0.05) is 5.16 Å². The fraction of sp³-hybridized carbons (Fsp3) is 0.417. The van der Waals surface area contributed by atoms with E-state index >= 15 is 0 Å². The van der Waals surface area contributed by atoms with Gasteiger partial charge in [0, 0.05) is 11.3 Å². The summed E-state index contributed by atoms with van der Waals surface area (Å²) in [5.74, 6) is -1.86. The van der Waals surface area contributed by atoms with Gasteiger partial charge in [-0.25, -0.2) is 9.48 Å². The Morgan fingerprint density at radius 3 is 3.04 bits per heavy atom. The van der Waals surface area contributed by atoms with Crippen molar-refractivity contribution in [3.05, 3.63) is 17.6 Å². The standard InChI is InChI=1S/C12H13N7O5S/c1-24-14-2-6-4-25-11-8(10(21)19(11)9(6)12(22)23)15-7(20)3-18-5-13-16-17-18/h2,5,8,11H,3-4H2,1H3,(H,15,20)(H,22,23)/t8-,11+/m1/s1. The van der Waals surface area contributed by atoms with Crippen LogP contribution in [0, 0.1) is 0 Å². The average Bonchev–Trinajstić information content (AvgIpc) is 3.09. The van der Waals surface area contributed by atoms with Gasteiger partial charge >= 0.3 is 5.97 Å². The summed E-state index contributed by atoms with van der Waals surface area (Å²) in [6, 6.07) is -0.802. The van der Waals surface area contributed by atoms with Crippen molar-refractivity contribution < 1.29 is 24.3 Å². The molecule has 0 bridgehead atoms. The zero-order valence-electron chi connectivity index (χ0n) is 12.9. The van der Waals surface area contributed by atoms with Crippen molar-refractivity contribution in [2.24, 2.45) is 5.16 Å². The number of nitrogens with zero attached hydrogens (tertiary/aromatic N) is 6. The summed E-state index contributed by atoms with van der Waals surface area (Å²) in [7, 11) is 1.33. The third kappa shape index (κ3) is 3.17. The van der Waals surface area contributed by atoms with Crippen molar-refractivity contribution in [3.63, 3.8) is 0 Å². The first-order chi connectivity index (χ1) is 12.0. The van der Waals surface area contributed by atoms with Crippen LogP contribution in [-0.2, 0) is 25.8 Å². The normalized spacial score (nSPS) is 22.6. The van der Waals surface area contributed by atoms with Gasteiger partial charge in [0.05, 0.1) is 6.21 Å². The summed E-state index contributed by atoms with van der Waals surface area (Å²) in [6.07, 6.45) is 2.54. The molecule has 2 N–H and O–H groups in total. The maximum absolute atomic E-state index is 12.3. The lowest BCUT2D eigenvalue weighted by Gasteiger charge is -2.49. The molecule has 2 atom stereocenters. The number of carbonyl (C=O) groups is 3. The predicted octanol–water partition coefficient (Wildman–Crippen LogP) is -1.96. The summed E-state index contributed by atoms with van der Waals surface area (Å²) in [5, 5.41) is 25.4. The van der Waals surface area contributed by atoms with Crippen molar-refractivity contribution in [1.29, 1.82) is 0 Å². The molecule has 132 valence electrons. The monoisotopic (exact) mass is 367 g/mol. The van der Waals surface area contributed by atoms with Gasteiger partial charge in [-0.15, -0.1) is 16.9 Å². The number of tetrazole rings is 1. The molecule has 2 aliphatic heterocycles. The van der Waals surface area contributed by atoms with E-state index < -0.39 is 29.2 Å². The summed E-state index contributed by atoms with van der Waals surface area (Å²) in [4.78, 5) is 41.6. The SMILES string of the molecule is CON=CC1=C(C(=O)O)N2C(=O)[C@@H](NC(=O)Cn3cnnn3)[C@@H]2SC1. The molecule has 13 heteroatoms. The van der Waals surface area contributed by atoms with Crippen LogP contribution in [0.3, 0.4) is 0 Å². The second-order valence-corrected chi connectivity index (χ2v) is 6.16. The molecule has 0 saturated carbocycles. The van der Waals surface area contributed by atoms with Crippen LogP contribution in [-0.4, -0.2) is 78.5 Å². The number of carbonyl (C=O) groups excluding carboxylic acids is 2. The molecule has 1 fully saturated rings. The number of fused-ring (bicyclic) bond motifs is 1. The van der Waals surface area contributed by atoms with Crippen molar-refractivity contribution in [2.45, 2.75) is 18.0 Å². The fourth-order valence-electron chi connectivity index (χ4n) is 2.48. The second kappa shape index (κ2) is 6.88. The van der Waals surface area contributed by atoms with E-state index in [4.69, 9.17) is 0 Å². The Balaban J connectivity index is 1.72. The second-order valence-electron chi connectivity index (χ2n) is 5.06. The Bertz CT molecular complexity index is 762. The summed E-state index contributed by atoms with van der Waals surface area (Å²) in [6.45, 7) is -0.137. The number of aromatic nitrogens is 4. The molecule has 1 aromatic heterocycles. The van der Waals surface area contributed by atoms with E-state index in [1.165, 1.54) is 36.1 Å².